The van der Waals surface area contributed by atoms with Crippen molar-refractivity contribution in [3.8, 4) is 0 Å². The highest BCUT2D eigenvalue weighted by Gasteiger charge is 2.27. The molecule has 0 aliphatic carbocycles. The molecule has 3 rings (SSSR count). The van der Waals surface area contributed by atoms with Gasteiger partial charge < -0.3 is 5.11 Å². The molecule has 3 aromatic rings. The van der Waals surface area contributed by atoms with E-state index in [2.05, 4.69) is 14.8 Å². The Hall–Kier alpha value is -2.78. The van der Waals surface area contributed by atoms with Crippen molar-refractivity contribution in [3.05, 3.63) is 54.4 Å². The molecule has 0 aliphatic heterocycles. The van der Waals surface area contributed by atoms with E-state index < -0.39 is 22.0 Å². The zero-order valence-corrected chi connectivity index (χ0v) is 13.4. The molecule has 0 radical (unpaired) electrons. The van der Waals surface area contributed by atoms with Crippen LogP contribution in [0.25, 0.3) is 11.0 Å². The van der Waals surface area contributed by atoms with Crippen molar-refractivity contribution < 1.29 is 18.3 Å². The summed E-state index contributed by atoms with van der Waals surface area (Å²) < 4.78 is 28.8. The van der Waals surface area contributed by atoms with Gasteiger partial charge in [-0.25, -0.2) is 13.4 Å². The first kappa shape index (κ1) is 16.1. The van der Waals surface area contributed by atoms with Crippen LogP contribution in [0.1, 0.15) is 11.6 Å². The van der Waals surface area contributed by atoms with Crippen molar-refractivity contribution in [1.82, 2.24) is 19.5 Å². The maximum atomic E-state index is 12.5. The molecule has 0 aliphatic rings. The minimum absolute atomic E-state index is 0.120. The number of benzene rings is 1. The molecule has 0 amide bonds. The van der Waals surface area contributed by atoms with Crippen molar-refractivity contribution in [1.29, 1.82) is 0 Å². The van der Waals surface area contributed by atoms with E-state index in [9.17, 15) is 18.3 Å². The van der Waals surface area contributed by atoms with Gasteiger partial charge in [0.2, 0.25) is 10.0 Å². The molecular weight excluding hydrogens is 332 g/mol. The number of nitrogens with one attached hydrogen (secondary N) is 1. The molecule has 2 N–H and O–H groups in total. The van der Waals surface area contributed by atoms with Gasteiger partial charge in [0.1, 0.15) is 10.9 Å². The van der Waals surface area contributed by atoms with E-state index in [0.29, 0.717) is 16.6 Å². The number of rotatable bonds is 5. The Morgan fingerprint density at radius 3 is 2.62 bits per heavy atom. The largest absolute Gasteiger partial charge is 0.480 e. The molecule has 124 valence electrons. The number of hydrogen-bond donors (Lipinski definition) is 2. The van der Waals surface area contributed by atoms with Gasteiger partial charge in [0.25, 0.3) is 0 Å². The average molecular weight is 346 g/mol. The lowest BCUT2D eigenvalue weighted by molar-refractivity contribution is -0.139. The van der Waals surface area contributed by atoms with Gasteiger partial charge in [-0.1, -0.05) is 30.3 Å². The van der Waals surface area contributed by atoms with Gasteiger partial charge in [-0.15, -0.1) is 0 Å². The van der Waals surface area contributed by atoms with Crippen LogP contribution in [0.2, 0.25) is 0 Å². The van der Waals surface area contributed by atoms with Crippen molar-refractivity contribution in [2.24, 2.45) is 7.05 Å². The lowest BCUT2D eigenvalue weighted by atomic mass is 10.1. The minimum Gasteiger partial charge on any atom is -0.480 e. The van der Waals surface area contributed by atoms with E-state index in [-0.39, 0.29) is 4.90 Å². The second-order valence-corrected chi connectivity index (χ2v) is 6.87. The van der Waals surface area contributed by atoms with Crippen molar-refractivity contribution in [2.75, 3.05) is 0 Å². The van der Waals surface area contributed by atoms with Crippen LogP contribution in [0.3, 0.4) is 0 Å². The summed E-state index contributed by atoms with van der Waals surface area (Å²) in [6.07, 6.45) is 2.67. The Morgan fingerprint density at radius 1 is 1.25 bits per heavy atom. The number of hydrogen-bond acceptors (Lipinski definition) is 5. The molecular formula is C15H14N4O4S. The minimum atomic E-state index is -4.07. The lowest BCUT2D eigenvalue weighted by Gasteiger charge is -2.15. The smallest absolute Gasteiger partial charge is 0.326 e. The second kappa shape index (κ2) is 6.02. The average Bonchev–Trinajstić information content (AvgIpc) is 2.94. The number of aryl methyl sites for hydroxylation is 1. The Labute approximate surface area is 137 Å². The molecule has 2 aromatic heterocycles. The Bertz CT molecular complexity index is 999. The molecule has 1 aromatic carbocycles. The van der Waals surface area contributed by atoms with Gasteiger partial charge in [-0.3, -0.25) is 9.48 Å². The summed E-state index contributed by atoms with van der Waals surface area (Å²) in [7, 11) is -2.37. The van der Waals surface area contributed by atoms with Crippen LogP contribution < -0.4 is 4.72 Å². The fourth-order valence-corrected chi connectivity index (χ4v) is 3.46. The van der Waals surface area contributed by atoms with E-state index in [1.165, 1.54) is 23.1 Å². The summed E-state index contributed by atoms with van der Waals surface area (Å²) >= 11 is 0. The summed E-state index contributed by atoms with van der Waals surface area (Å²) in [4.78, 5) is 15.4. The molecule has 0 saturated heterocycles. The zero-order chi connectivity index (χ0) is 17.3. The lowest BCUT2D eigenvalue weighted by Crippen LogP contribution is -2.33. The maximum absolute atomic E-state index is 12.5. The van der Waals surface area contributed by atoms with Crippen molar-refractivity contribution >= 4 is 27.0 Å². The molecule has 9 heteroatoms. The summed E-state index contributed by atoms with van der Waals surface area (Å²) in [6, 6.07) is 8.11. The zero-order valence-electron chi connectivity index (χ0n) is 12.6. The predicted octanol–water partition coefficient (Wildman–Crippen LogP) is 1.07. The summed E-state index contributed by atoms with van der Waals surface area (Å²) in [5.74, 6) is -1.29. The van der Waals surface area contributed by atoms with Crippen LogP contribution in [0.15, 0.2) is 53.7 Å². The number of sulfonamides is 1. The maximum Gasteiger partial charge on any atom is 0.326 e. The summed E-state index contributed by atoms with van der Waals surface area (Å²) in [6.45, 7) is 0. The van der Waals surface area contributed by atoms with Gasteiger partial charge in [0.15, 0.2) is 5.65 Å². The van der Waals surface area contributed by atoms with Crippen LogP contribution in [-0.4, -0.2) is 34.3 Å². The second-order valence-electron chi connectivity index (χ2n) is 5.16. The first-order chi connectivity index (χ1) is 11.4. The highest BCUT2D eigenvalue weighted by Crippen LogP contribution is 2.20. The molecule has 0 fully saturated rings. The fourth-order valence-electron chi connectivity index (χ4n) is 2.30. The Kier molecular flexibility index (Phi) is 4.04. The van der Waals surface area contributed by atoms with Crippen molar-refractivity contribution in [2.45, 2.75) is 10.9 Å². The first-order valence-electron chi connectivity index (χ1n) is 6.96. The Morgan fingerprint density at radius 2 is 1.96 bits per heavy atom. The fraction of sp³-hybridized carbons (Fsp3) is 0.133. The number of carboxylic acid groups (broad SMARTS) is 1. The third-order valence-corrected chi connectivity index (χ3v) is 4.90. The first-order valence-corrected chi connectivity index (χ1v) is 8.44. The summed E-state index contributed by atoms with van der Waals surface area (Å²) in [5.41, 5.74) is 0.871. The number of carboxylic acids is 1. The van der Waals surface area contributed by atoms with Crippen LogP contribution in [-0.2, 0) is 21.9 Å². The molecule has 0 bridgehead atoms. The number of fused-ring (bicyclic) bond motifs is 1. The van der Waals surface area contributed by atoms with Crippen LogP contribution in [0.4, 0.5) is 0 Å². The molecule has 0 spiro atoms. The normalized spacial score (nSPS) is 13.0. The van der Waals surface area contributed by atoms with Gasteiger partial charge in [0.05, 0.1) is 6.20 Å². The predicted molar refractivity (Wildman–Crippen MR) is 85.6 cm³/mol. The van der Waals surface area contributed by atoms with Crippen LogP contribution >= 0.6 is 0 Å². The number of nitrogens with zero attached hydrogens (tertiary/aromatic N) is 3. The van der Waals surface area contributed by atoms with E-state index >= 15 is 0 Å². The van der Waals surface area contributed by atoms with Gasteiger partial charge >= 0.3 is 5.97 Å². The summed E-state index contributed by atoms with van der Waals surface area (Å²) in [5, 5.41) is 13.9. The number of pyridine rings is 1. The third kappa shape index (κ3) is 2.99. The SMILES string of the molecule is Cn1ncc2cc(S(=O)(=O)N[C@H](C(=O)O)c3ccccc3)cnc21. The molecule has 1 atom stereocenters. The molecule has 2 heterocycles. The highest BCUT2D eigenvalue weighted by atomic mass is 32.2. The van der Waals surface area contributed by atoms with Crippen LogP contribution in [0, 0.1) is 0 Å². The van der Waals surface area contributed by atoms with Gasteiger partial charge in [0, 0.05) is 18.6 Å². The standard InChI is InChI=1S/C15H14N4O4S/c1-19-14-11(8-17-19)7-12(9-16-14)24(22,23)18-13(15(20)21)10-5-3-2-4-6-10/h2-9,13,18H,1H3,(H,20,21)/t13-/m0/s1. The molecule has 0 saturated carbocycles. The van der Waals surface area contributed by atoms with Gasteiger partial charge in [-0.2, -0.15) is 9.82 Å². The number of aliphatic carboxylic acids is 1. The van der Waals surface area contributed by atoms with Gasteiger partial charge in [-0.05, 0) is 11.6 Å². The van der Waals surface area contributed by atoms with E-state index in [0.717, 1.165) is 0 Å². The molecule has 0 unspecified atom stereocenters. The number of carbonyl (C=O) groups is 1. The highest BCUT2D eigenvalue weighted by molar-refractivity contribution is 7.89. The molecule has 8 nitrogen and oxygen atoms in total. The van der Waals surface area contributed by atoms with Crippen molar-refractivity contribution in [3.63, 3.8) is 0 Å². The Balaban J connectivity index is 1.97. The van der Waals surface area contributed by atoms with E-state index in [1.54, 1.807) is 37.4 Å². The quantitative estimate of drug-likeness (QED) is 0.714. The van der Waals surface area contributed by atoms with E-state index in [4.69, 9.17) is 0 Å². The monoisotopic (exact) mass is 346 g/mol. The number of aromatic nitrogens is 3. The van der Waals surface area contributed by atoms with E-state index in [1.807, 2.05) is 0 Å². The third-order valence-electron chi connectivity index (χ3n) is 3.51. The topological polar surface area (TPSA) is 114 Å². The van der Waals surface area contributed by atoms with Crippen LogP contribution in [0.5, 0.6) is 0 Å². The molecule has 24 heavy (non-hydrogen) atoms.